The van der Waals surface area contributed by atoms with Gasteiger partial charge in [0.1, 0.15) is 0 Å². The summed E-state index contributed by atoms with van der Waals surface area (Å²) in [5.41, 5.74) is 0.889. The number of aliphatic carboxylic acids is 1. The average molecular weight is 575 g/mol. The van der Waals surface area contributed by atoms with Crippen molar-refractivity contribution >= 4 is 30.4 Å². The maximum atomic E-state index is 12.1. The van der Waals surface area contributed by atoms with E-state index >= 15 is 0 Å². The minimum absolute atomic E-state index is 0.0742. The first kappa shape index (κ1) is 36.2. The van der Waals surface area contributed by atoms with Crippen LogP contribution in [0, 0.1) is 0 Å². The van der Waals surface area contributed by atoms with E-state index in [1.807, 2.05) is 0 Å². The molecule has 0 aromatic heterocycles. The highest BCUT2D eigenvalue weighted by molar-refractivity contribution is 6.58. The highest BCUT2D eigenvalue weighted by Crippen LogP contribution is 2.13. The molecule has 0 aliphatic rings. The standard InChI is InChI=1S/C30H51BN4O6/c1-32-35-27(30(38)39)17-14-16-23-33-28(36)18-13-11-9-7-5-3-2-4-6-8-10-12-15-24-34-29(37)25-19-21-26(22-20-25)31(40)41/h19-22,27,40-41H,2-18,23-24H2,1H3,(H,33,36)(H,34,37)(H,38,39). The molecule has 0 saturated heterocycles. The van der Waals surface area contributed by atoms with Crippen molar-refractivity contribution in [2.24, 2.45) is 10.2 Å². The lowest BCUT2D eigenvalue weighted by molar-refractivity contribution is -0.138. The fourth-order valence-electron chi connectivity index (χ4n) is 4.61. The number of rotatable bonds is 25. The number of carbonyl (C=O) groups excluding carboxylic acids is 2. The van der Waals surface area contributed by atoms with E-state index < -0.39 is 19.1 Å². The van der Waals surface area contributed by atoms with Crippen LogP contribution in [0.3, 0.4) is 0 Å². The Hall–Kier alpha value is -2.79. The van der Waals surface area contributed by atoms with Gasteiger partial charge in [-0.25, -0.2) is 4.79 Å². The zero-order valence-electron chi connectivity index (χ0n) is 24.9. The molecule has 1 aromatic rings. The normalized spacial score (nSPS) is 11.9. The Kier molecular flexibility index (Phi) is 21.1. The molecule has 11 heteroatoms. The van der Waals surface area contributed by atoms with Gasteiger partial charge in [-0.05, 0) is 49.7 Å². The van der Waals surface area contributed by atoms with Crippen LogP contribution >= 0.6 is 0 Å². The number of hydrogen-bond acceptors (Lipinski definition) is 7. The summed E-state index contributed by atoms with van der Waals surface area (Å²) in [4.78, 5) is 35.0. The third-order valence-electron chi connectivity index (χ3n) is 7.10. The third kappa shape index (κ3) is 19.1. The monoisotopic (exact) mass is 574 g/mol. The van der Waals surface area contributed by atoms with Crippen molar-refractivity contribution in [3.8, 4) is 0 Å². The summed E-state index contributed by atoms with van der Waals surface area (Å²) in [5, 5.41) is 40.3. The number of nitrogens with one attached hydrogen (secondary N) is 2. The predicted octanol–water partition coefficient (Wildman–Crippen LogP) is 4.38. The number of hydrogen-bond donors (Lipinski definition) is 5. The van der Waals surface area contributed by atoms with Crippen LogP contribution in [0.25, 0.3) is 0 Å². The number of amides is 2. The van der Waals surface area contributed by atoms with Crippen molar-refractivity contribution in [1.29, 1.82) is 0 Å². The van der Waals surface area contributed by atoms with E-state index in [0.29, 0.717) is 43.4 Å². The van der Waals surface area contributed by atoms with Gasteiger partial charge in [0.15, 0.2) is 6.04 Å². The molecule has 1 unspecified atom stereocenters. The number of carbonyl (C=O) groups is 3. The summed E-state index contributed by atoms with van der Waals surface area (Å²) in [6.07, 6.45) is 17.6. The topological polar surface area (TPSA) is 161 Å². The molecule has 0 bridgehead atoms. The van der Waals surface area contributed by atoms with Crippen LogP contribution in [0.2, 0.25) is 0 Å². The zero-order chi connectivity index (χ0) is 30.1. The number of benzene rings is 1. The lowest BCUT2D eigenvalue weighted by atomic mass is 9.80. The van der Waals surface area contributed by atoms with Crippen molar-refractivity contribution in [2.45, 2.75) is 115 Å². The van der Waals surface area contributed by atoms with Crippen LogP contribution < -0.4 is 16.1 Å². The van der Waals surface area contributed by atoms with Crippen molar-refractivity contribution in [2.75, 3.05) is 20.1 Å². The molecule has 1 aromatic carbocycles. The molecule has 1 atom stereocenters. The summed E-state index contributed by atoms with van der Waals surface area (Å²) in [5.74, 6) is -1.02. The summed E-state index contributed by atoms with van der Waals surface area (Å²) in [6, 6.07) is 5.50. The third-order valence-corrected chi connectivity index (χ3v) is 7.10. The lowest BCUT2D eigenvalue weighted by Crippen LogP contribution is -2.30. The quantitative estimate of drug-likeness (QED) is 0.0662. The fraction of sp³-hybridized carbons (Fsp3) is 0.700. The van der Waals surface area contributed by atoms with Gasteiger partial charge < -0.3 is 25.8 Å². The van der Waals surface area contributed by atoms with E-state index in [1.165, 1.54) is 64.8 Å². The minimum Gasteiger partial charge on any atom is -0.480 e. The van der Waals surface area contributed by atoms with Crippen LogP contribution in [-0.4, -0.2) is 66.2 Å². The molecule has 0 aliphatic carbocycles. The van der Waals surface area contributed by atoms with E-state index in [4.69, 9.17) is 15.2 Å². The Morgan fingerprint density at radius 3 is 1.73 bits per heavy atom. The van der Waals surface area contributed by atoms with Gasteiger partial charge in [-0.3, -0.25) is 9.59 Å². The van der Waals surface area contributed by atoms with E-state index in [0.717, 1.165) is 32.1 Å². The molecule has 2 amide bonds. The van der Waals surface area contributed by atoms with Crippen LogP contribution in [0.5, 0.6) is 0 Å². The van der Waals surface area contributed by atoms with Crippen molar-refractivity contribution in [1.82, 2.24) is 10.6 Å². The van der Waals surface area contributed by atoms with E-state index in [1.54, 1.807) is 24.3 Å². The van der Waals surface area contributed by atoms with E-state index in [9.17, 15) is 14.4 Å². The molecule has 0 aliphatic heterocycles. The number of azo groups is 1. The molecule has 0 radical (unpaired) electrons. The molecule has 41 heavy (non-hydrogen) atoms. The Morgan fingerprint density at radius 2 is 1.22 bits per heavy atom. The van der Waals surface area contributed by atoms with E-state index in [-0.39, 0.29) is 11.8 Å². The SMILES string of the molecule is CN=NC(CCCCNC(=O)CCCCCCCCCCCCCCCNC(=O)c1ccc(B(O)O)cc1)C(=O)O. The highest BCUT2D eigenvalue weighted by Gasteiger charge is 2.15. The first-order valence-electron chi connectivity index (χ1n) is 15.4. The Bertz CT molecular complexity index is 882. The molecular weight excluding hydrogens is 523 g/mol. The van der Waals surface area contributed by atoms with Crippen molar-refractivity contribution in [3.05, 3.63) is 29.8 Å². The van der Waals surface area contributed by atoms with Gasteiger partial charge in [0.2, 0.25) is 5.91 Å². The van der Waals surface area contributed by atoms with Gasteiger partial charge >= 0.3 is 13.1 Å². The second kappa shape index (κ2) is 23.9. The highest BCUT2D eigenvalue weighted by atomic mass is 16.4. The van der Waals surface area contributed by atoms with Crippen LogP contribution in [-0.2, 0) is 9.59 Å². The molecule has 1 rings (SSSR count). The Balaban J connectivity index is 1.83. The second-order valence-electron chi connectivity index (χ2n) is 10.6. The maximum absolute atomic E-state index is 12.1. The summed E-state index contributed by atoms with van der Waals surface area (Å²) < 4.78 is 0. The average Bonchev–Trinajstić information content (AvgIpc) is 2.95. The minimum atomic E-state index is -1.52. The first-order valence-corrected chi connectivity index (χ1v) is 15.4. The van der Waals surface area contributed by atoms with Gasteiger partial charge in [-0.1, -0.05) is 82.8 Å². The van der Waals surface area contributed by atoms with Gasteiger partial charge in [-0.2, -0.15) is 10.2 Å². The Labute approximate surface area is 245 Å². The summed E-state index contributed by atoms with van der Waals surface area (Å²) in [6.45, 7) is 1.22. The molecule has 230 valence electrons. The van der Waals surface area contributed by atoms with Gasteiger partial charge in [0.05, 0.1) is 0 Å². The lowest BCUT2D eigenvalue weighted by Gasteiger charge is -2.07. The molecule has 0 heterocycles. The largest absolute Gasteiger partial charge is 0.488 e. The maximum Gasteiger partial charge on any atom is 0.488 e. The predicted molar refractivity (Wildman–Crippen MR) is 162 cm³/mol. The fourth-order valence-corrected chi connectivity index (χ4v) is 4.61. The molecule has 5 N–H and O–H groups in total. The van der Waals surface area contributed by atoms with Crippen molar-refractivity contribution < 1.29 is 29.5 Å². The molecule has 0 fully saturated rings. The molecule has 10 nitrogen and oxygen atoms in total. The molecule has 0 saturated carbocycles. The zero-order valence-corrected chi connectivity index (χ0v) is 24.9. The van der Waals surface area contributed by atoms with Crippen LogP contribution in [0.4, 0.5) is 0 Å². The summed E-state index contributed by atoms with van der Waals surface area (Å²) in [7, 11) is -0.0534. The van der Waals surface area contributed by atoms with Crippen molar-refractivity contribution in [3.63, 3.8) is 0 Å². The molecular formula is C30H51BN4O6. The van der Waals surface area contributed by atoms with Gasteiger partial charge in [0, 0.05) is 32.1 Å². The number of nitrogens with zero attached hydrogens (tertiary/aromatic N) is 2. The van der Waals surface area contributed by atoms with E-state index in [2.05, 4.69) is 20.9 Å². The smallest absolute Gasteiger partial charge is 0.480 e. The summed E-state index contributed by atoms with van der Waals surface area (Å²) >= 11 is 0. The van der Waals surface area contributed by atoms with Gasteiger partial charge in [-0.15, -0.1) is 0 Å². The second-order valence-corrected chi connectivity index (χ2v) is 10.6. The Morgan fingerprint density at radius 1 is 0.732 bits per heavy atom. The molecule has 0 spiro atoms. The first-order chi connectivity index (χ1) is 19.8. The van der Waals surface area contributed by atoms with Gasteiger partial charge in [0.25, 0.3) is 5.91 Å². The van der Waals surface area contributed by atoms with Crippen LogP contribution in [0.15, 0.2) is 34.5 Å². The number of carboxylic acid groups (broad SMARTS) is 1. The van der Waals surface area contributed by atoms with Crippen LogP contribution in [0.1, 0.15) is 120 Å². The number of carboxylic acids is 1. The number of unbranched alkanes of at least 4 members (excludes halogenated alkanes) is 13.